The van der Waals surface area contributed by atoms with Crippen LogP contribution in [0.1, 0.15) is 40.3 Å². The fourth-order valence-corrected chi connectivity index (χ4v) is 1.20. The first kappa shape index (κ1) is 13.7. The van der Waals surface area contributed by atoms with Crippen LogP contribution in [-0.2, 0) is 4.79 Å². The van der Waals surface area contributed by atoms with E-state index in [9.17, 15) is 14.4 Å². The molecule has 18 heavy (non-hydrogen) atoms. The van der Waals surface area contributed by atoms with Crippen molar-refractivity contribution < 1.29 is 24.0 Å². The maximum atomic E-state index is 11.5. The normalized spacial score (nSPS) is 10.0. The lowest BCUT2D eigenvalue weighted by Gasteiger charge is -2.01. The van der Waals surface area contributed by atoms with Crippen LogP contribution in [0.25, 0.3) is 0 Å². The molecule has 0 aliphatic heterocycles. The van der Waals surface area contributed by atoms with Gasteiger partial charge in [0.25, 0.3) is 5.91 Å². The molecule has 0 unspecified atom stereocenters. The number of carbonyl (C=O) groups is 3. The third-order valence-corrected chi connectivity index (χ3v) is 2.09. The molecule has 1 rings (SSSR count). The standard InChI is InChI=1S/C10H13N3O5/c11-8(14)3-1-2-4-12-9(15)6-5-7(10(16)17)18-13-6/h5H,1-4H2,(H2,11,14)(H,12,15)(H,16,17). The summed E-state index contributed by atoms with van der Waals surface area (Å²) in [5, 5.41) is 14.4. The lowest BCUT2D eigenvalue weighted by molar-refractivity contribution is -0.118. The predicted molar refractivity (Wildman–Crippen MR) is 58.8 cm³/mol. The van der Waals surface area contributed by atoms with Crippen LogP contribution in [0.4, 0.5) is 0 Å². The quantitative estimate of drug-likeness (QED) is 0.575. The van der Waals surface area contributed by atoms with Gasteiger partial charge in [-0.1, -0.05) is 5.16 Å². The summed E-state index contributed by atoms with van der Waals surface area (Å²) in [4.78, 5) is 32.4. The summed E-state index contributed by atoms with van der Waals surface area (Å²) in [6.45, 7) is 0.349. The van der Waals surface area contributed by atoms with Crippen LogP contribution >= 0.6 is 0 Å². The number of carbonyl (C=O) groups excluding carboxylic acids is 2. The molecule has 0 atom stereocenters. The Morgan fingerprint density at radius 2 is 2.11 bits per heavy atom. The minimum Gasteiger partial charge on any atom is -0.475 e. The smallest absolute Gasteiger partial charge is 0.374 e. The van der Waals surface area contributed by atoms with Crippen molar-refractivity contribution in [2.75, 3.05) is 6.54 Å². The molecule has 4 N–H and O–H groups in total. The first-order valence-electron chi connectivity index (χ1n) is 5.27. The van der Waals surface area contributed by atoms with Gasteiger partial charge in [0, 0.05) is 19.0 Å². The van der Waals surface area contributed by atoms with Gasteiger partial charge in [-0.05, 0) is 12.8 Å². The van der Waals surface area contributed by atoms with E-state index in [2.05, 4.69) is 15.0 Å². The maximum Gasteiger partial charge on any atom is 0.374 e. The number of unbranched alkanes of at least 4 members (excludes halogenated alkanes) is 1. The summed E-state index contributed by atoms with van der Waals surface area (Å²) in [5.74, 6) is -2.59. The van der Waals surface area contributed by atoms with Crippen LogP contribution in [0, 0.1) is 0 Å². The SMILES string of the molecule is NC(=O)CCCCNC(=O)c1cc(C(=O)O)on1. The van der Waals surface area contributed by atoms with Gasteiger partial charge >= 0.3 is 5.97 Å². The average molecular weight is 255 g/mol. The Morgan fingerprint density at radius 1 is 1.39 bits per heavy atom. The van der Waals surface area contributed by atoms with E-state index in [4.69, 9.17) is 10.8 Å². The largest absolute Gasteiger partial charge is 0.475 e. The first-order valence-corrected chi connectivity index (χ1v) is 5.27. The number of amides is 2. The molecule has 0 saturated heterocycles. The van der Waals surface area contributed by atoms with Gasteiger partial charge in [-0.15, -0.1) is 0 Å². The molecule has 0 saturated carbocycles. The van der Waals surface area contributed by atoms with E-state index in [1.807, 2.05) is 0 Å². The number of hydrogen-bond donors (Lipinski definition) is 3. The van der Waals surface area contributed by atoms with Gasteiger partial charge in [0.15, 0.2) is 5.69 Å². The van der Waals surface area contributed by atoms with Crippen LogP contribution in [0.3, 0.4) is 0 Å². The number of nitrogens with zero attached hydrogens (tertiary/aromatic N) is 1. The monoisotopic (exact) mass is 255 g/mol. The van der Waals surface area contributed by atoms with Gasteiger partial charge in [0.2, 0.25) is 11.7 Å². The molecule has 0 aliphatic rings. The second-order valence-electron chi connectivity index (χ2n) is 3.56. The van der Waals surface area contributed by atoms with Crippen molar-refractivity contribution in [3.8, 4) is 0 Å². The highest BCUT2D eigenvalue weighted by Crippen LogP contribution is 2.03. The third-order valence-electron chi connectivity index (χ3n) is 2.09. The lowest BCUT2D eigenvalue weighted by Crippen LogP contribution is -2.25. The number of primary amides is 1. The predicted octanol–water partition coefficient (Wildman–Crippen LogP) is -0.242. The topological polar surface area (TPSA) is 136 Å². The van der Waals surface area contributed by atoms with Crippen LogP contribution in [-0.4, -0.2) is 34.6 Å². The second kappa shape index (κ2) is 6.38. The molecule has 2 amide bonds. The van der Waals surface area contributed by atoms with E-state index >= 15 is 0 Å². The van der Waals surface area contributed by atoms with Gasteiger partial charge in [0.05, 0.1) is 0 Å². The van der Waals surface area contributed by atoms with E-state index in [1.54, 1.807) is 0 Å². The van der Waals surface area contributed by atoms with Gasteiger partial charge in [-0.3, -0.25) is 9.59 Å². The minimum absolute atomic E-state index is 0.0951. The van der Waals surface area contributed by atoms with Crippen molar-refractivity contribution in [1.82, 2.24) is 10.5 Å². The van der Waals surface area contributed by atoms with Crippen LogP contribution in [0.15, 0.2) is 10.6 Å². The minimum atomic E-state index is -1.29. The van der Waals surface area contributed by atoms with Crippen molar-refractivity contribution in [3.05, 3.63) is 17.5 Å². The number of carboxylic acid groups (broad SMARTS) is 1. The Balaban J connectivity index is 2.32. The molecule has 0 spiro atoms. The summed E-state index contributed by atoms with van der Waals surface area (Å²) < 4.78 is 4.43. The van der Waals surface area contributed by atoms with Crippen LogP contribution in [0.2, 0.25) is 0 Å². The highest BCUT2D eigenvalue weighted by Gasteiger charge is 2.15. The summed E-state index contributed by atoms with van der Waals surface area (Å²) in [6.07, 6.45) is 1.44. The van der Waals surface area contributed by atoms with Crippen molar-refractivity contribution in [3.63, 3.8) is 0 Å². The highest BCUT2D eigenvalue weighted by atomic mass is 16.5. The number of carboxylic acids is 1. The number of hydrogen-bond acceptors (Lipinski definition) is 5. The number of aromatic nitrogens is 1. The molecule has 0 bridgehead atoms. The molecule has 1 aromatic rings. The fourth-order valence-electron chi connectivity index (χ4n) is 1.20. The Morgan fingerprint density at radius 3 is 2.67 bits per heavy atom. The zero-order valence-electron chi connectivity index (χ0n) is 9.51. The van der Waals surface area contributed by atoms with Gasteiger partial charge in [0.1, 0.15) is 0 Å². The molecule has 98 valence electrons. The Hall–Kier alpha value is -2.38. The van der Waals surface area contributed by atoms with E-state index < -0.39 is 17.6 Å². The summed E-state index contributed by atoms with van der Waals surface area (Å²) >= 11 is 0. The molecule has 8 nitrogen and oxygen atoms in total. The summed E-state index contributed by atoms with van der Waals surface area (Å²) in [6, 6.07) is 1.04. The third kappa shape index (κ3) is 4.24. The van der Waals surface area contributed by atoms with Crippen molar-refractivity contribution in [2.45, 2.75) is 19.3 Å². The molecule has 1 aromatic heterocycles. The van der Waals surface area contributed by atoms with Crippen molar-refractivity contribution in [2.24, 2.45) is 5.73 Å². The number of aromatic carboxylic acids is 1. The molecular formula is C10H13N3O5. The first-order chi connectivity index (χ1) is 8.50. The molecule has 0 aromatic carbocycles. The average Bonchev–Trinajstić information content (AvgIpc) is 2.77. The summed E-state index contributed by atoms with van der Waals surface area (Å²) in [5.41, 5.74) is 4.86. The Labute approximate surface area is 102 Å². The van der Waals surface area contributed by atoms with E-state index in [-0.39, 0.29) is 18.0 Å². The van der Waals surface area contributed by atoms with Crippen molar-refractivity contribution >= 4 is 17.8 Å². The van der Waals surface area contributed by atoms with E-state index in [1.165, 1.54) is 0 Å². The zero-order chi connectivity index (χ0) is 13.5. The van der Waals surface area contributed by atoms with E-state index in [0.717, 1.165) is 6.07 Å². The zero-order valence-corrected chi connectivity index (χ0v) is 9.51. The van der Waals surface area contributed by atoms with Crippen molar-refractivity contribution in [1.29, 1.82) is 0 Å². The molecule has 0 fully saturated rings. The molecule has 0 aliphatic carbocycles. The Kier molecular flexibility index (Phi) is 4.85. The molecular weight excluding hydrogens is 242 g/mol. The maximum absolute atomic E-state index is 11.5. The second-order valence-corrected chi connectivity index (χ2v) is 3.56. The van der Waals surface area contributed by atoms with E-state index in [0.29, 0.717) is 19.4 Å². The Bertz CT molecular complexity index is 454. The number of nitrogens with one attached hydrogen (secondary N) is 1. The van der Waals surface area contributed by atoms with Gasteiger partial charge < -0.3 is 20.7 Å². The van der Waals surface area contributed by atoms with Gasteiger partial charge in [-0.2, -0.15) is 0 Å². The van der Waals surface area contributed by atoms with Gasteiger partial charge in [-0.25, -0.2) is 4.79 Å². The number of nitrogens with two attached hydrogens (primary N) is 1. The highest BCUT2D eigenvalue weighted by molar-refractivity contribution is 5.94. The van der Waals surface area contributed by atoms with Crippen LogP contribution < -0.4 is 11.1 Å². The molecule has 1 heterocycles. The number of rotatable bonds is 7. The lowest BCUT2D eigenvalue weighted by atomic mass is 10.2. The molecule has 8 heteroatoms. The fraction of sp³-hybridized carbons (Fsp3) is 0.400. The summed E-state index contributed by atoms with van der Waals surface area (Å²) in [7, 11) is 0. The molecule has 0 radical (unpaired) electrons. The van der Waals surface area contributed by atoms with Crippen LogP contribution in [0.5, 0.6) is 0 Å².